The van der Waals surface area contributed by atoms with Crippen molar-refractivity contribution in [2.75, 3.05) is 10.8 Å². The van der Waals surface area contributed by atoms with Crippen molar-refractivity contribution in [2.45, 2.75) is 30.3 Å². The van der Waals surface area contributed by atoms with Crippen LogP contribution in [-0.2, 0) is 14.8 Å². The van der Waals surface area contributed by atoms with E-state index >= 15 is 0 Å². The molecule has 126 valence electrons. The molecule has 1 aromatic carbocycles. The summed E-state index contributed by atoms with van der Waals surface area (Å²) in [6.45, 7) is 0.250. The monoisotopic (exact) mass is 347 g/mol. The molecule has 0 bridgehead atoms. The summed E-state index contributed by atoms with van der Waals surface area (Å²) in [5.74, 6) is -0.945. The predicted molar refractivity (Wildman–Crippen MR) is 86.3 cm³/mol. The van der Waals surface area contributed by atoms with E-state index in [2.05, 4.69) is 0 Å². The molecule has 0 saturated heterocycles. The van der Waals surface area contributed by atoms with Gasteiger partial charge in [-0.2, -0.15) is 8.42 Å². The van der Waals surface area contributed by atoms with Crippen LogP contribution in [-0.4, -0.2) is 26.0 Å². The Morgan fingerprint density at radius 2 is 1.96 bits per heavy atom. The SMILES string of the molecule is O=C(O)C1(C2CCN(S(=O)(=O)c3ccco3)c3ccccc32)CC1. The first-order chi connectivity index (χ1) is 11.5. The van der Waals surface area contributed by atoms with Gasteiger partial charge in [0.15, 0.2) is 0 Å². The van der Waals surface area contributed by atoms with Crippen molar-refractivity contribution in [3.05, 3.63) is 48.2 Å². The van der Waals surface area contributed by atoms with Gasteiger partial charge in [-0.25, -0.2) is 0 Å². The van der Waals surface area contributed by atoms with E-state index in [4.69, 9.17) is 4.42 Å². The number of carboxylic acid groups (broad SMARTS) is 1. The van der Waals surface area contributed by atoms with Crippen LogP contribution in [0.15, 0.2) is 52.2 Å². The van der Waals surface area contributed by atoms with Crippen LogP contribution in [0.2, 0.25) is 0 Å². The standard InChI is InChI=1S/C17H17NO5S/c19-16(20)17(8-9-17)13-7-10-18(14-5-2-1-4-12(13)14)24(21,22)15-6-3-11-23-15/h1-6,11,13H,7-10H2,(H,19,20). The molecule has 7 heteroatoms. The lowest BCUT2D eigenvalue weighted by atomic mass is 9.78. The second kappa shape index (κ2) is 5.11. The van der Waals surface area contributed by atoms with Gasteiger partial charge >= 0.3 is 5.97 Å². The number of para-hydroxylation sites is 1. The van der Waals surface area contributed by atoms with Crippen LogP contribution >= 0.6 is 0 Å². The van der Waals surface area contributed by atoms with Gasteiger partial charge in [0.1, 0.15) is 0 Å². The highest BCUT2D eigenvalue weighted by atomic mass is 32.2. The second-order valence-electron chi connectivity index (χ2n) is 6.37. The molecule has 0 amide bonds. The minimum absolute atomic E-state index is 0.102. The predicted octanol–water partition coefficient (Wildman–Crippen LogP) is 2.83. The number of nitrogens with zero attached hydrogens (tertiary/aromatic N) is 1. The lowest BCUT2D eigenvalue weighted by Crippen LogP contribution is -2.39. The van der Waals surface area contributed by atoms with Gasteiger partial charge in [-0.15, -0.1) is 0 Å². The summed E-state index contributed by atoms with van der Waals surface area (Å²) in [5, 5.41) is 9.51. The largest absolute Gasteiger partial charge is 0.481 e. The van der Waals surface area contributed by atoms with Crippen LogP contribution < -0.4 is 4.31 Å². The number of benzene rings is 1. The second-order valence-corrected chi connectivity index (χ2v) is 8.16. The molecule has 1 N–H and O–H groups in total. The van der Waals surface area contributed by atoms with E-state index in [9.17, 15) is 18.3 Å². The summed E-state index contributed by atoms with van der Waals surface area (Å²) in [6.07, 6.45) is 3.11. The minimum atomic E-state index is -3.78. The zero-order valence-corrected chi connectivity index (χ0v) is 13.7. The third-order valence-electron chi connectivity index (χ3n) is 5.12. The van der Waals surface area contributed by atoms with Gasteiger partial charge in [0.2, 0.25) is 5.09 Å². The van der Waals surface area contributed by atoms with E-state index in [1.54, 1.807) is 12.1 Å². The van der Waals surface area contributed by atoms with Crippen LogP contribution in [0.1, 0.15) is 30.7 Å². The highest BCUT2D eigenvalue weighted by Gasteiger charge is 2.58. The van der Waals surface area contributed by atoms with Crippen LogP contribution in [0.4, 0.5) is 5.69 Å². The van der Waals surface area contributed by atoms with Crippen LogP contribution in [0, 0.1) is 5.41 Å². The topological polar surface area (TPSA) is 87.8 Å². The van der Waals surface area contributed by atoms with Crippen LogP contribution in [0.3, 0.4) is 0 Å². The van der Waals surface area contributed by atoms with Crippen molar-refractivity contribution in [1.29, 1.82) is 0 Å². The molecule has 1 saturated carbocycles. The summed E-state index contributed by atoms with van der Waals surface area (Å²) in [6, 6.07) is 10.1. The molecule has 0 spiro atoms. The molecule has 1 atom stereocenters. The van der Waals surface area contributed by atoms with Crippen LogP contribution in [0.25, 0.3) is 0 Å². The van der Waals surface area contributed by atoms with E-state index in [1.807, 2.05) is 12.1 Å². The van der Waals surface area contributed by atoms with Crippen molar-refractivity contribution < 1.29 is 22.7 Å². The Morgan fingerprint density at radius 1 is 1.21 bits per heavy atom. The van der Waals surface area contributed by atoms with Crippen molar-refractivity contribution in [3.63, 3.8) is 0 Å². The Balaban J connectivity index is 1.80. The number of anilines is 1. The van der Waals surface area contributed by atoms with E-state index in [0.29, 0.717) is 24.9 Å². The maximum Gasteiger partial charge on any atom is 0.310 e. The maximum atomic E-state index is 12.8. The van der Waals surface area contributed by atoms with Crippen molar-refractivity contribution in [3.8, 4) is 0 Å². The number of carboxylic acids is 1. The van der Waals surface area contributed by atoms with Crippen molar-refractivity contribution >= 4 is 21.7 Å². The number of hydrogen-bond donors (Lipinski definition) is 1. The molecule has 2 aliphatic rings. The zero-order valence-electron chi connectivity index (χ0n) is 12.9. The van der Waals surface area contributed by atoms with E-state index in [1.165, 1.54) is 22.7 Å². The third-order valence-corrected chi connectivity index (χ3v) is 6.82. The van der Waals surface area contributed by atoms with Crippen LogP contribution in [0.5, 0.6) is 0 Å². The van der Waals surface area contributed by atoms with Gasteiger partial charge in [-0.3, -0.25) is 9.10 Å². The number of aliphatic carboxylic acids is 1. The zero-order chi connectivity index (χ0) is 16.9. The number of carbonyl (C=O) groups is 1. The van der Waals surface area contributed by atoms with Gasteiger partial charge in [0, 0.05) is 12.5 Å². The van der Waals surface area contributed by atoms with E-state index < -0.39 is 21.4 Å². The fourth-order valence-corrected chi connectivity index (χ4v) is 5.14. The quantitative estimate of drug-likeness (QED) is 0.919. The fraction of sp³-hybridized carbons (Fsp3) is 0.353. The molecular weight excluding hydrogens is 330 g/mol. The summed E-state index contributed by atoms with van der Waals surface area (Å²) in [7, 11) is -3.78. The number of hydrogen-bond acceptors (Lipinski definition) is 4. The molecular formula is C17H17NO5S. The number of fused-ring (bicyclic) bond motifs is 1. The lowest BCUT2D eigenvalue weighted by molar-refractivity contribution is -0.144. The molecule has 1 fully saturated rings. The van der Waals surface area contributed by atoms with Gasteiger partial charge in [-0.1, -0.05) is 18.2 Å². The smallest absolute Gasteiger partial charge is 0.310 e. The summed E-state index contributed by atoms with van der Waals surface area (Å²) < 4.78 is 32.1. The number of furan rings is 1. The third kappa shape index (κ3) is 2.07. The lowest BCUT2D eigenvalue weighted by Gasteiger charge is -2.36. The fourth-order valence-electron chi connectivity index (χ4n) is 3.72. The highest BCUT2D eigenvalue weighted by Crippen LogP contribution is 2.60. The Labute approximate surface area is 139 Å². The Hall–Kier alpha value is -2.28. The van der Waals surface area contributed by atoms with Gasteiger partial charge in [0.05, 0.1) is 17.4 Å². The first-order valence-electron chi connectivity index (χ1n) is 7.85. The molecule has 1 aliphatic heterocycles. The normalized spacial score (nSPS) is 22.0. The van der Waals surface area contributed by atoms with Crippen molar-refractivity contribution in [2.24, 2.45) is 5.41 Å². The Bertz CT molecular complexity index is 883. The molecule has 24 heavy (non-hydrogen) atoms. The maximum absolute atomic E-state index is 12.8. The molecule has 2 aromatic rings. The molecule has 6 nitrogen and oxygen atoms in total. The highest BCUT2D eigenvalue weighted by molar-refractivity contribution is 7.92. The van der Waals surface area contributed by atoms with Gasteiger partial charge < -0.3 is 9.52 Å². The molecule has 1 aromatic heterocycles. The van der Waals surface area contributed by atoms with E-state index in [0.717, 1.165) is 5.56 Å². The Kier molecular flexibility index (Phi) is 3.25. The summed E-state index contributed by atoms with van der Waals surface area (Å²) in [5.41, 5.74) is 0.604. The molecule has 1 aliphatic carbocycles. The summed E-state index contributed by atoms with van der Waals surface area (Å²) >= 11 is 0. The first kappa shape index (κ1) is 15.3. The van der Waals surface area contributed by atoms with Gasteiger partial charge in [-0.05, 0) is 43.0 Å². The van der Waals surface area contributed by atoms with E-state index in [-0.39, 0.29) is 17.6 Å². The van der Waals surface area contributed by atoms with Crippen molar-refractivity contribution in [1.82, 2.24) is 0 Å². The molecule has 4 rings (SSSR count). The molecule has 0 radical (unpaired) electrons. The average Bonchev–Trinajstić information content (AvgIpc) is 3.19. The molecule has 2 heterocycles. The number of sulfonamides is 1. The molecule has 1 unspecified atom stereocenters. The minimum Gasteiger partial charge on any atom is -0.481 e. The summed E-state index contributed by atoms with van der Waals surface area (Å²) in [4.78, 5) is 11.7. The average molecular weight is 347 g/mol. The number of rotatable bonds is 4. The van der Waals surface area contributed by atoms with Gasteiger partial charge in [0.25, 0.3) is 10.0 Å². The first-order valence-corrected chi connectivity index (χ1v) is 9.29. The Morgan fingerprint density at radius 3 is 2.58 bits per heavy atom.